The molecule has 5 heteroatoms. The zero-order valence-corrected chi connectivity index (χ0v) is 12.9. The van der Waals surface area contributed by atoms with Crippen LogP contribution in [-0.4, -0.2) is 12.7 Å². The molecule has 0 saturated carbocycles. The maximum atomic E-state index is 12.0. The molecule has 0 fully saturated rings. The third-order valence-electron chi connectivity index (χ3n) is 3.23. The molecule has 0 radical (unpaired) electrons. The van der Waals surface area contributed by atoms with Crippen molar-refractivity contribution in [2.45, 2.75) is 12.8 Å². The van der Waals surface area contributed by atoms with Crippen molar-refractivity contribution in [3.8, 4) is 11.5 Å². The van der Waals surface area contributed by atoms with Crippen LogP contribution in [0.2, 0.25) is 0 Å². The van der Waals surface area contributed by atoms with E-state index in [0.717, 1.165) is 27.2 Å². The van der Waals surface area contributed by atoms with Gasteiger partial charge in [0.15, 0.2) is 11.5 Å². The molecule has 1 aliphatic rings. The van der Waals surface area contributed by atoms with Gasteiger partial charge in [0, 0.05) is 10.9 Å². The highest BCUT2D eigenvalue weighted by Crippen LogP contribution is 2.32. The summed E-state index contributed by atoms with van der Waals surface area (Å²) in [5.41, 5.74) is 1.84. The number of rotatable bonds is 4. The maximum Gasteiger partial charge on any atom is 0.231 e. The maximum absolute atomic E-state index is 12.0. The van der Waals surface area contributed by atoms with Gasteiger partial charge in [-0.05, 0) is 52.2 Å². The van der Waals surface area contributed by atoms with Gasteiger partial charge in [0.1, 0.15) is 0 Å². The number of aryl methyl sites for hydroxylation is 1. The van der Waals surface area contributed by atoms with Crippen LogP contribution in [0.15, 0.2) is 46.9 Å². The Morgan fingerprint density at radius 3 is 2.81 bits per heavy atom. The standard InChI is InChI=1S/C16H14BrNO3/c17-12-3-1-2-4-13(12)18-16(19)8-6-11-5-7-14-15(9-11)21-10-20-14/h1-5,7,9H,6,8,10H2,(H,18,19). The first kappa shape index (κ1) is 13.9. The van der Waals surface area contributed by atoms with Crippen molar-refractivity contribution in [1.29, 1.82) is 0 Å². The van der Waals surface area contributed by atoms with Crippen molar-refractivity contribution in [2.24, 2.45) is 0 Å². The number of benzene rings is 2. The molecular formula is C16H14BrNO3. The van der Waals surface area contributed by atoms with Crippen LogP contribution in [0, 0.1) is 0 Å². The van der Waals surface area contributed by atoms with Crippen molar-refractivity contribution in [1.82, 2.24) is 0 Å². The zero-order chi connectivity index (χ0) is 14.7. The molecule has 0 aliphatic carbocycles. The van der Waals surface area contributed by atoms with Gasteiger partial charge in [-0.1, -0.05) is 18.2 Å². The molecule has 0 saturated heterocycles. The average Bonchev–Trinajstić information content (AvgIpc) is 2.95. The Bertz CT molecular complexity index is 672. The van der Waals surface area contributed by atoms with E-state index in [0.29, 0.717) is 12.8 Å². The Labute approximate surface area is 131 Å². The Hall–Kier alpha value is -2.01. The highest BCUT2D eigenvalue weighted by molar-refractivity contribution is 9.10. The predicted octanol–water partition coefficient (Wildman–Crippen LogP) is 3.75. The van der Waals surface area contributed by atoms with E-state index in [1.165, 1.54) is 0 Å². The van der Waals surface area contributed by atoms with E-state index in [-0.39, 0.29) is 12.7 Å². The Kier molecular flexibility index (Phi) is 4.10. The van der Waals surface area contributed by atoms with Gasteiger partial charge in [-0.25, -0.2) is 0 Å². The number of ether oxygens (including phenoxy) is 2. The molecule has 0 spiro atoms. The van der Waals surface area contributed by atoms with Gasteiger partial charge in [0.05, 0.1) is 5.69 Å². The highest BCUT2D eigenvalue weighted by Gasteiger charge is 2.13. The molecule has 1 heterocycles. The number of hydrogen-bond donors (Lipinski definition) is 1. The van der Waals surface area contributed by atoms with Gasteiger partial charge in [0.25, 0.3) is 0 Å². The van der Waals surface area contributed by atoms with Crippen LogP contribution in [0.4, 0.5) is 5.69 Å². The van der Waals surface area contributed by atoms with Crippen LogP contribution >= 0.6 is 15.9 Å². The minimum Gasteiger partial charge on any atom is -0.454 e. The second-order valence-corrected chi connectivity index (χ2v) is 5.57. The molecule has 0 atom stereocenters. The first-order valence-corrected chi connectivity index (χ1v) is 7.44. The third kappa shape index (κ3) is 3.36. The summed E-state index contributed by atoms with van der Waals surface area (Å²) in [6, 6.07) is 13.3. The lowest BCUT2D eigenvalue weighted by Crippen LogP contribution is -2.12. The van der Waals surface area contributed by atoms with Crippen LogP contribution in [0.5, 0.6) is 11.5 Å². The fourth-order valence-corrected chi connectivity index (χ4v) is 2.51. The van der Waals surface area contributed by atoms with E-state index < -0.39 is 0 Å². The monoisotopic (exact) mass is 347 g/mol. The van der Waals surface area contributed by atoms with E-state index in [1.54, 1.807) is 0 Å². The Morgan fingerprint density at radius 1 is 1.14 bits per heavy atom. The summed E-state index contributed by atoms with van der Waals surface area (Å²) < 4.78 is 11.5. The number of amides is 1. The fourth-order valence-electron chi connectivity index (χ4n) is 2.13. The number of carbonyl (C=O) groups excluding carboxylic acids is 1. The molecule has 1 amide bonds. The van der Waals surface area contributed by atoms with Gasteiger partial charge >= 0.3 is 0 Å². The number of nitrogens with one attached hydrogen (secondary N) is 1. The van der Waals surface area contributed by atoms with Gasteiger partial charge in [-0.3, -0.25) is 4.79 Å². The molecule has 2 aromatic carbocycles. The molecule has 0 unspecified atom stereocenters. The van der Waals surface area contributed by atoms with Crippen LogP contribution in [0.25, 0.3) is 0 Å². The zero-order valence-electron chi connectivity index (χ0n) is 11.3. The summed E-state index contributed by atoms with van der Waals surface area (Å²) in [6.07, 6.45) is 1.08. The lowest BCUT2D eigenvalue weighted by molar-refractivity contribution is -0.116. The van der Waals surface area contributed by atoms with Crippen LogP contribution in [-0.2, 0) is 11.2 Å². The normalized spacial score (nSPS) is 12.2. The van der Waals surface area contributed by atoms with E-state index >= 15 is 0 Å². The SMILES string of the molecule is O=C(CCc1ccc2c(c1)OCO2)Nc1ccccc1Br. The van der Waals surface area contributed by atoms with Crippen molar-refractivity contribution in [3.05, 3.63) is 52.5 Å². The summed E-state index contributed by atoms with van der Waals surface area (Å²) >= 11 is 3.41. The summed E-state index contributed by atoms with van der Waals surface area (Å²) in [6.45, 7) is 0.265. The smallest absolute Gasteiger partial charge is 0.231 e. The summed E-state index contributed by atoms with van der Waals surface area (Å²) in [7, 11) is 0. The van der Waals surface area contributed by atoms with Gasteiger partial charge < -0.3 is 14.8 Å². The van der Waals surface area contributed by atoms with Crippen LogP contribution in [0.3, 0.4) is 0 Å². The lowest BCUT2D eigenvalue weighted by Gasteiger charge is -2.07. The first-order chi connectivity index (χ1) is 10.2. The molecular weight excluding hydrogens is 334 g/mol. The van der Waals surface area contributed by atoms with Gasteiger partial charge in [-0.2, -0.15) is 0 Å². The van der Waals surface area contributed by atoms with Gasteiger partial charge in [0.2, 0.25) is 12.7 Å². The van der Waals surface area contributed by atoms with E-state index in [4.69, 9.17) is 9.47 Å². The predicted molar refractivity (Wildman–Crippen MR) is 83.7 cm³/mol. The summed E-state index contributed by atoms with van der Waals surface area (Å²) in [5.74, 6) is 1.50. The molecule has 2 aromatic rings. The van der Waals surface area contributed by atoms with Crippen molar-refractivity contribution < 1.29 is 14.3 Å². The number of halogens is 1. The molecule has 4 nitrogen and oxygen atoms in total. The van der Waals surface area contributed by atoms with Crippen molar-refractivity contribution >= 4 is 27.5 Å². The quantitative estimate of drug-likeness (QED) is 0.916. The second kappa shape index (κ2) is 6.18. The number of carbonyl (C=O) groups is 1. The van der Waals surface area contributed by atoms with Crippen molar-refractivity contribution in [2.75, 3.05) is 12.1 Å². The number of fused-ring (bicyclic) bond motifs is 1. The first-order valence-electron chi connectivity index (χ1n) is 6.65. The average molecular weight is 348 g/mol. The highest BCUT2D eigenvalue weighted by atomic mass is 79.9. The third-order valence-corrected chi connectivity index (χ3v) is 3.92. The lowest BCUT2D eigenvalue weighted by atomic mass is 10.1. The second-order valence-electron chi connectivity index (χ2n) is 4.72. The largest absolute Gasteiger partial charge is 0.454 e. The Balaban J connectivity index is 1.58. The molecule has 1 N–H and O–H groups in total. The van der Waals surface area contributed by atoms with Crippen LogP contribution < -0.4 is 14.8 Å². The van der Waals surface area contributed by atoms with Crippen LogP contribution in [0.1, 0.15) is 12.0 Å². The van der Waals surface area contributed by atoms with Gasteiger partial charge in [-0.15, -0.1) is 0 Å². The topological polar surface area (TPSA) is 47.6 Å². The molecule has 3 rings (SSSR count). The minimum absolute atomic E-state index is 0.0143. The number of anilines is 1. The number of para-hydroxylation sites is 1. The molecule has 21 heavy (non-hydrogen) atoms. The molecule has 0 bridgehead atoms. The van der Waals surface area contributed by atoms with E-state index in [2.05, 4.69) is 21.2 Å². The Morgan fingerprint density at radius 2 is 1.95 bits per heavy atom. The number of hydrogen-bond acceptors (Lipinski definition) is 3. The van der Waals surface area contributed by atoms with E-state index in [1.807, 2.05) is 42.5 Å². The van der Waals surface area contributed by atoms with E-state index in [9.17, 15) is 4.79 Å². The fraction of sp³-hybridized carbons (Fsp3) is 0.188. The molecule has 1 aliphatic heterocycles. The minimum atomic E-state index is -0.0143. The summed E-state index contributed by atoms with van der Waals surface area (Å²) in [4.78, 5) is 12.0. The summed E-state index contributed by atoms with van der Waals surface area (Å²) in [5, 5.41) is 2.89. The molecule has 108 valence electrons. The molecule has 0 aromatic heterocycles. The van der Waals surface area contributed by atoms with Crippen molar-refractivity contribution in [3.63, 3.8) is 0 Å².